The molecule has 3 rings (SSSR count). The number of hydrogen-bond acceptors (Lipinski definition) is 8. The zero-order valence-corrected chi connectivity index (χ0v) is 23.9. The number of esters is 2. The molecule has 0 aliphatic rings. The van der Waals surface area contributed by atoms with E-state index >= 15 is 0 Å². The molecule has 3 aromatic rings. The van der Waals surface area contributed by atoms with Crippen LogP contribution in [0.1, 0.15) is 11.1 Å². The lowest BCUT2D eigenvalue weighted by Gasteiger charge is -2.18. The molecule has 0 saturated carbocycles. The monoisotopic (exact) mass is 578 g/mol. The van der Waals surface area contributed by atoms with Gasteiger partial charge in [-0.25, -0.2) is 9.59 Å². The van der Waals surface area contributed by atoms with E-state index in [0.29, 0.717) is 24.7 Å². The van der Waals surface area contributed by atoms with Gasteiger partial charge in [0.15, 0.2) is 0 Å². The van der Waals surface area contributed by atoms with Crippen molar-refractivity contribution in [2.75, 3.05) is 24.7 Å². The molecule has 0 N–H and O–H groups in total. The smallest absolute Gasteiger partial charge is 0.330 e. The van der Waals surface area contributed by atoms with Crippen LogP contribution >= 0.6 is 23.5 Å². The molecule has 0 fully saturated rings. The highest BCUT2D eigenvalue weighted by Gasteiger charge is 2.15. The number of benzene rings is 3. The van der Waals surface area contributed by atoms with E-state index in [1.54, 1.807) is 23.5 Å². The highest BCUT2D eigenvalue weighted by Crippen LogP contribution is 2.21. The van der Waals surface area contributed by atoms with Crippen molar-refractivity contribution < 1.29 is 28.5 Å². The molecule has 2 atom stereocenters. The van der Waals surface area contributed by atoms with Gasteiger partial charge in [0, 0.05) is 33.4 Å². The molecule has 0 aromatic heterocycles. The average Bonchev–Trinajstić information content (AvgIpc) is 3.00. The Bertz CT molecular complexity index is 1090. The molecular weight excluding hydrogens is 544 g/mol. The van der Waals surface area contributed by atoms with Gasteiger partial charge in [-0.1, -0.05) is 73.8 Å². The molecule has 2 unspecified atom stereocenters. The Labute approximate surface area is 244 Å². The fourth-order valence-corrected chi connectivity index (χ4v) is 5.20. The normalized spacial score (nSPS) is 12.2. The lowest BCUT2D eigenvalue weighted by Crippen LogP contribution is -2.25. The quantitative estimate of drug-likeness (QED) is 0.0963. The van der Waals surface area contributed by atoms with Crippen LogP contribution in [-0.2, 0) is 41.8 Å². The number of ether oxygens (including phenoxy) is 4. The van der Waals surface area contributed by atoms with Crippen LogP contribution in [0.2, 0.25) is 0 Å². The van der Waals surface area contributed by atoms with Crippen LogP contribution in [0.15, 0.2) is 120 Å². The minimum atomic E-state index is -0.466. The number of carbonyl (C=O) groups is 2. The fraction of sp³-hybridized carbons (Fsp3) is 0.250. The highest BCUT2D eigenvalue weighted by molar-refractivity contribution is 7.99. The van der Waals surface area contributed by atoms with E-state index in [-0.39, 0.29) is 13.2 Å². The Morgan fingerprint density at radius 2 is 1.00 bits per heavy atom. The molecule has 6 nitrogen and oxygen atoms in total. The van der Waals surface area contributed by atoms with Gasteiger partial charge in [-0.2, -0.15) is 0 Å². The van der Waals surface area contributed by atoms with Gasteiger partial charge >= 0.3 is 11.9 Å². The van der Waals surface area contributed by atoms with Crippen LogP contribution in [0.3, 0.4) is 0 Å². The van der Waals surface area contributed by atoms with E-state index < -0.39 is 24.1 Å². The lowest BCUT2D eigenvalue weighted by atomic mass is 10.1. The Hall–Kier alpha value is -3.30. The molecular formula is C32H34O6S2. The summed E-state index contributed by atoms with van der Waals surface area (Å²) in [6.07, 6.45) is 1.53. The molecule has 0 radical (unpaired) electrons. The van der Waals surface area contributed by atoms with Crippen molar-refractivity contribution in [3.63, 3.8) is 0 Å². The molecule has 40 heavy (non-hydrogen) atoms. The van der Waals surface area contributed by atoms with Gasteiger partial charge in [0.25, 0.3) is 0 Å². The average molecular weight is 579 g/mol. The molecule has 0 saturated heterocycles. The van der Waals surface area contributed by atoms with Gasteiger partial charge in [-0.05, 0) is 35.4 Å². The second-order valence-electron chi connectivity index (χ2n) is 8.62. The first-order valence-corrected chi connectivity index (χ1v) is 14.8. The summed E-state index contributed by atoms with van der Waals surface area (Å²) in [4.78, 5) is 25.7. The zero-order valence-electron chi connectivity index (χ0n) is 22.3. The maximum Gasteiger partial charge on any atom is 0.330 e. The number of carbonyl (C=O) groups excluding carboxylic acids is 2. The molecule has 0 bridgehead atoms. The van der Waals surface area contributed by atoms with Crippen LogP contribution in [-0.4, -0.2) is 48.9 Å². The van der Waals surface area contributed by atoms with Crippen molar-refractivity contribution in [1.82, 2.24) is 0 Å². The summed E-state index contributed by atoms with van der Waals surface area (Å²) in [7, 11) is 0. The summed E-state index contributed by atoms with van der Waals surface area (Å²) in [5.74, 6) is 0.221. The Morgan fingerprint density at radius 1 is 0.625 bits per heavy atom. The van der Waals surface area contributed by atoms with Gasteiger partial charge in [-0.15, -0.1) is 23.5 Å². The second-order valence-corrected chi connectivity index (χ2v) is 10.8. The maximum atomic E-state index is 11.8. The molecule has 8 heteroatoms. The van der Waals surface area contributed by atoms with Crippen molar-refractivity contribution in [2.24, 2.45) is 0 Å². The Balaban J connectivity index is 1.42. The maximum absolute atomic E-state index is 11.8. The van der Waals surface area contributed by atoms with Gasteiger partial charge in [0.05, 0.1) is 26.4 Å². The van der Waals surface area contributed by atoms with Crippen molar-refractivity contribution in [3.05, 3.63) is 121 Å². The molecule has 3 aromatic carbocycles. The van der Waals surface area contributed by atoms with Crippen molar-refractivity contribution in [3.8, 4) is 0 Å². The van der Waals surface area contributed by atoms with E-state index in [1.165, 1.54) is 0 Å². The van der Waals surface area contributed by atoms with Gasteiger partial charge in [0.2, 0.25) is 0 Å². The number of hydrogen-bond donors (Lipinski definition) is 0. The first-order valence-electron chi connectivity index (χ1n) is 12.8. The molecule has 0 spiro atoms. The first kappa shape index (κ1) is 31.2. The summed E-state index contributed by atoms with van der Waals surface area (Å²) in [5, 5.41) is 0. The van der Waals surface area contributed by atoms with Crippen molar-refractivity contribution in [2.45, 2.75) is 35.2 Å². The topological polar surface area (TPSA) is 71.1 Å². The zero-order chi connectivity index (χ0) is 28.4. The summed E-state index contributed by atoms with van der Waals surface area (Å²) >= 11 is 3.21. The third kappa shape index (κ3) is 12.3. The van der Waals surface area contributed by atoms with E-state index in [1.807, 2.05) is 84.9 Å². The predicted octanol–water partition coefficient (Wildman–Crippen LogP) is 6.50. The minimum absolute atomic E-state index is 0.274. The van der Waals surface area contributed by atoms with Crippen LogP contribution < -0.4 is 0 Å². The van der Waals surface area contributed by atoms with Gasteiger partial charge in [0.1, 0.15) is 12.2 Å². The predicted molar refractivity (Wildman–Crippen MR) is 160 cm³/mol. The van der Waals surface area contributed by atoms with Crippen LogP contribution in [0.4, 0.5) is 0 Å². The second kappa shape index (κ2) is 18.1. The summed E-state index contributed by atoms with van der Waals surface area (Å²) in [6.45, 7) is 8.27. The van der Waals surface area contributed by atoms with Crippen molar-refractivity contribution >= 4 is 35.5 Å². The molecule has 0 aliphatic heterocycles. The molecule has 0 amide bonds. The molecule has 0 aliphatic carbocycles. The standard InChI is InChI=1S/C32H34O6S2/c1-3-31(33)37-27(23-39-29-11-7-5-8-12-29)21-35-19-25-15-17-26(18-16-25)20-36-22-28(38-32(34)4-2)24-40-30-13-9-6-10-14-30/h3-18,27-28H,1-2,19-24H2. The third-order valence-corrected chi connectivity index (χ3v) is 7.71. The van der Waals surface area contributed by atoms with Gasteiger partial charge in [-0.3, -0.25) is 0 Å². The summed E-state index contributed by atoms with van der Waals surface area (Å²) in [6, 6.07) is 27.8. The fourth-order valence-electron chi connectivity index (χ4n) is 3.42. The Kier molecular flexibility index (Phi) is 14.2. The Morgan fingerprint density at radius 3 is 1.35 bits per heavy atom. The number of thioether (sulfide) groups is 2. The lowest BCUT2D eigenvalue weighted by molar-refractivity contribution is -0.145. The van der Waals surface area contributed by atoms with Crippen LogP contribution in [0.5, 0.6) is 0 Å². The van der Waals surface area contributed by atoms with E-state index in [4.69, 9.17) is 18.9 Å². The van der Waals surface area contributed by atoms with E-state index in [2.05, 4.69) is 13.2 Å². The van der Waals surface area contributed by atoms with E-state index in [9.17, 15) is 9.59 Å². The molecule has 210 valence electrons. The van der Waals surface area contributed by atoms with Crippen LogP contribution in [0, 0.1) is 0 Å². The summed E-state index contributed by atoms with van der Waals surface area (Å²) < 4.78 is 22.6. The third-order valence-electron chi connectivity index (χ3n) is 5.43. The highest BCUT2D eigenvalue weighted by atomic mass is 32.2. The van der Waals surface area contributed by atoms with E-state index in [0.717, 1.165) is 33.1 Å². The summed E-state index contributed by atoms with van der Waals surface area (Å²) in [5.41, 5.74) is 1.98. The number of rotatable bonds is 18. The molecule has 0 heterocycles. The first-order chi connectivity index (χ1) is 19.6. The SMILES string of the molecule is C=CC(=O)OC(COCc1ccc(COCC(CSc2ccccc2)OC(=O)C=C)cc1)CSc1ccccc1. The van der Waals surface area contributed by atoms with Crippen molar-refractivity contribution in [1.29, 1.82) is 0 Å². The van der Waals surface area contributed by atoms with Crippen LogP contribution in [0.25, 0.3) is 0 Å². The minimum Gasteiger partial charge on any atom is -0.456 e. The van der Waals surface area contributed by atoms with Gasteiger partial charge < -0.3 is 18.9 Å². The largest absolute Gasteiger partial charge is 0.456 e.